The SMILES string of the molecule is CCC1C(O)CN2C(=C=O)CCC12. The van der Waals surface area contributed by atoms with E-state index in [1.54, 1.807) is 0 Å². The Kier molecular flexibility index (Phi) is 2.14. The standard InChI is InChI=1S/C10H15NO2/c1-2-8-9-4-3-7(6-12)11(9)5-10(8)13/h8-10,13H,2-5H2,1H3. The number of hydrogen-bond acceptors (Lipinski definition) is 3. The highest BCUT2D eigenvalue weighted by Gasteiger charge is 2.44. The van der Waals surface area contributed by atoms with Gasteiger partial charge < -0.3 is 10.0 Å². The number of rotatable bonds is 1. The highest BCUT2D eigenvalue weighted by atomic mass is 16.3. The Morgan fingerprint density at radius 3 is 3.08 bits per heavy atom. The van der Waals surface area contributed by atoms with Crippen LogP contribution in [0.4, 0.5) is 0 Å². The normalized spacial score (nSPS) is 37.8. The number of aliphatic hydroxyl groups excluding tert-OH is 1. The third kappa shape index (κ3) is 1.19. The summed E-state index contributed by atoms with van der Waals surface area (Å²) in [6.45, 7) is 2.73. The molecule has 3 atom stereocenters. The topological polar surface area (TPSA) is 40.5 Å². The van der Waals surface area contributed by atoms with E-state index in [1.165, 1.54) is 0 Å². The number of carbonyl (C=O) groups excluding carboxylic acids is 1. The zero-order chi connectivity index (χ0) is 9.42. The van der Waals surface area contributed by atoms with E-state index in [9.17, 15) is 9.90 Å². The highest BCUT2D eigenvalue weighted by molar-refractivity contribution is 5.53. The van der Waals surface area contributed by atoms with E-state index in [1.807, 2.05) is 10.8 Å². The molecule has 2 fully saturated rings. The zero-order valence-electron chi connectivity index (χ0n) is 7.86. The van der Waals surface area contributed by atoms with Crippen LogP contribution in [0.2, 0.25) is 0 Å². The van der Waals surface area contributed by atoms with Gasteiger partial charge in [-0.2, -0.15) is 0 Å². The molecule has 0 radical (unpaired) electrons. The van der Waals surface area contributed by atoms with Crippen LogP contribution >= 0.6 is 0 Å². The molecule has 13 heavy (non-hydrogen) atoms. The molecule has 0 spiro atoms. The molecule has 0 bridgehead atoms. The molecule has 0 aromatic heterocycles. The summed E-state index contributed by atoms with van der Waals surface area (Å²) in [5, 5.41) is 9.72. The molecular weight excluding hydrogens is 166 g/mol. The summed E-state index contributed by atoms with van der Waals surface area (Å²) < 4.78 is 0. The molecule has 3 heteroatoms. The van der Waals surface area contributed by atoms with Crippen LogP contribution in [0.25, 0.3) is 0 Å². The van der Waals surface area contributed by atoms with Gasteiger partial charge in [-0.15, -0.1) is 0 Å². The van der Waals surface area contributed by atoms with Crippen molar-refractivity contribution >= 4 is 5.94 Å². The number of hydrogen-bond donors (Lipinski definition) is 1. The quantitative estimate of drug-likeness (QED) is 0.601. The molecule has 0 aromatic rings. The van der Waals surface area contributed by atoms with E-state index in [0.29, 0.717) is 18.5 Å². The van der Waals surface area contributed by atoms with Crippen molar-refractivity contribution in [1.82, 2.24) is 4.90 Å². The molecule has 2 aliphatic rings. The Bertz CT molecular complexity index is 258. The maximum Gasteiger partial charge on any atom is 0.145 e. The Hall–Kier alpha value is -0.790. The van der Waals surface area contributed by atoms with E-state index in [0.717, 1.165) is 25.0 Å². The highest BCUT2D eigenvalue weighted by Crippen LogP contribution is 2.38. The van der Waals surface area contributed by atoms with Crippen LogP contribution in [0.1, 0.15) is 26.2 Å². The maximum atomic E-state index is 10.6. The van der Waals surface area contributed by atoms with Gasteiger partial charge >= 0.3 is 0 Å². The largest absolute Gasteiger partial charge is 0.391 e. The predicted octanol–water partition coefficient (Wildman–Crippen LogP) is 0.567. The monoisotopic (exact) mass is 181 g/mol. The molecule has 0 saturated carbocycles. The van der Waals surface area contributed by atoms with Crippen LogP contribution in [0, 0.1) is 5.92 Å². The first kappa shape index (κ1) is 8.79. The van der Waals surface area contributed by atoms with Crippen molar-refractivity contribution in [2.45, 2.75) is 38.3 Å². The van der Waals surface area contributed by atoms with Crippen LogP contribution in [0.15, 0.2) is 5.70 Å². The second-order valence-electron chi connectivity index (χ2n) is 3.95. The van der Waals surface area contributed by atoms with E-state index < -0.39 is 0 Å². The minimum Gasteiger partial charge on any atom is -0.391 e. The van der Waals surface area contributed by atoms with Gasteiger partial charge in [-0.25, -0.2) is 4.79 Å². The summed E-state index contributed by atoms with van der Waals surface area (Å²) >= 11 is 0. The second-order valence-corrected chi connectivity index (χ2v) is 3.95. The fourth-order valence-electron chi connectivity index (χ4n) is 2.72. The molecular formula is C10H15NO2. The third-order valence-corrected chi connectivity index (χ3v) is 3.39. The molecule has 1 N–H and O–H groups in total. The summed E-state index contributed by atoms with van der Waals surface area (Å²) in [6, 6.07) is 0.399. The summed E-state index contributed by atoms with van der Waals surface area (Å²) in [4.78, 5) is 12.6. The van der Waals surface area contributed by atoms with Gasteiger partial charge in [-0.3, -0.25) is 0 Å². The lowest BCUT2D eigenvalue weighted by atomic mass is 9.94. The van der Waals surface area contributed by atoms with E-state index in [-0.39, 0.29) is 6.10 Å². The molecule has 2 heterocycles. The van der Waals surface area contributed by atoms with Crippen LogP contribution in [0.5, 0.6) is 0 Å². The van der Waals surface area contributed by atoms with Crippen molar-refractivity contribution in [3.8, 4) is 0 Å². The Morgan fingerprint density at radius 2 is 2.46 bits per heavy atom. The molecule has 3 unspecified atom stereocenters. The summed E-state index contributed by atoms with van der Waals surface area (Å²) in [5.41, 5.74) is 0.764. The lowest BCUT2D eigenvalue weighted by molar-refractivity contribution is 0.133. The van der Waals surface area contributed by atoms with Gasteiger partial charge in [0.1, 0.15) is 5.94 Å². The van der Waals surface area contributed by atoms with Crippen LogP contribution < -0.4 is 0 Å². The van der Waals surface area contributed by atoms with E-state index in [4.69, 9.17) is 0 Å². The lowest BCUT2D eigenvalue weighted by Gasteiger charge is -2.19. The first-order valence-electron chi connectivity index (χ1n) is 4.96. The number of aliphatic hydroxyl groups is 1. The Morgan fingerprint density at radius 1 is 1.69 bits per heavy atom. The van der Waals surface area contributed by atoms with Crippen LogP contribution in [-0.4, -0.2) is 34.6 Å². The number of nitrogens with zero attached hydrogens (tertiary/aromatic N) is 1. The third-order valence-electron chi connectivity index (χ3n) is 3.39. The molecule has 0 aliphatic carbocycles. The molecule has 2 saturated heterocycles. The van der Waals surface area contributed by atoms with Gasteiger partial charge in [0.25, 0.3) is 0 Å². The molecule has 72 valence electrons. The van der Waals surface area contributed by atoms with E-state index >= 15 is 0 Å². The molecule has 2 rings (SSSR count). The van der Waals surface area contributed by atoms with Crippen molar-refractivity contribution in [1.29, 1.82) is 0 Å². The summed E-state index contributed by atoms with van der Waals surface area (Å²) in [6.07, 6.45) is 2.60. The fourth-order valence-corrected chi connectivity index (χ4v) is 2.72. The van der Waals surface area contributed by atoms with Crippen molar-refractivity contribution in [3.05, 3.63) is 5.70 Å². The minimum absolute atomic E-state index is 0.251. The van der Waals surface area contributed by atoms with Crippen LogP contribution in [0.3, 0.4) is 0 Å². The maximum absolute atomic E-state index is 10.6. The van der Waals surface area contributed by atoms with Crippen molar-refractivity contribution < 1.29 is 9.90 Å². The van der Waals surface area contributed by atoms with Gasteiger partial charge in [0.2, 0.25) is 0 Å². The molecule has 0 amide bonds. The molecule has 3 nitrogen and oxygen atoms in total. The predicted molar refractivity (Wildman–Crippen MR) is 48.7 cm³/mol. The second kappa shape index (κ2) is 3.17. The molecule has 0 aromatic carbocycles. The summed E-state index contributed by atoms with van der Waals surface area (Å²) in [5.74, 6) is 2.33. The smallest absolute Gasteiger partial charge is 0.145 e. The number of fused-ring (bicyclic) bond motifs is 1. The van der Waals surface area contributed by atoms with Gasteiger partial charge in [0.15, 0.2) is 0 Å². The van der Waals surface area contributed by atoms with Gasteiger partial charge in [0.05, 0.1) is 11.8 Å². The molecule has 2 aliphatic heterocycles. The van der Waals surface area contributed by atoms with Crippen molar-refractivity contribution in [3.63, 3.8) is 0 Å². The summed E-state index contributed by atoms with van der Waals surface area (Å²) in [7, 11) is 0. The zero-order valence-corrected chi connectivity index (χ0v) is 7.86. The van der Waals surface area contributed by atoms with Gasteiger partial charge in [-0.1, -0.05) is 6.92 Å². The average molecular weight is 181 g/mol. The Labute approximate surface area is 78.0 Å². The van der Waals surface area contributed by atoms with Crippen LogP contribution in [-0.2, 0) is 4.79 Å². The van der Waals surface area contributed by atoms with Gasteiger partial charge in [0, 0.05) is 24.9 Å². The minimum atomic E-state index is -0.251. The Balaban J connectivity index is 2.21. The van der Waals surface area contributed by atoms with Crippen molar-refractivity contribution in [2.75, 3.05) is 6.54 Å². The van der Waals surface area contributed by atoms with Gasteiger partial charge in [-0.05, 0) is 12.8 Å². The average Bonchev–Trinajstić information content (AvgIpc) is 2.62. The fraction of sp³-hybridized carbons (Fsp3) is 0.800. The van der Waals surface area contributed by atoms with E-state index in [2.05, 4.69) is 6.92 Å². The number of allylic oxidation sites excluding steroid dienone is 1. The first-order chi connectivity index (χ1) is 6.27. The lowest BCUT2D eigenvalue weighted by Crippen LogP contribution is -2.25. The van der Waals surface area contributed by atoms with Crippen molar-refractivity contribution in [2.24, 2.45) is 5.92 Å². The first-order valence-corrected chi connectivity index (χ1v) is 4.96.